The average Bonchev–Trinajstić information content (AvgIpc) is 2.96. The van der Waals surface area contributed by atoms with E-state index in [1.54, 1.807) is 19.1 Å². The van der Waals surface area contributed by atoms with Crippen LogP contribution in [0.1, 0.15) is 17.5 Å². The lowest BCUT2D eigenvalue weighted by atomic mass is 10.2. The summed E-state index contributed by atoms with van der Waals surface area (Å²) >= 11 is 6.20. The second kappa shape index (κ2) is 7.32. The van der Waals surface area contributed by atoms with Gasteiger partial charge < -0.3 is 14.5 Å². The molecule has 142 valence electrons. The number of ether oxygens (including phenoxy) is 1. The van der Waals surface area contributed by atoms with Gasteiger partial charge in [0.05, 0.1) is 25.8 Å². The molecule has 0 radical (unpaired) electrons. The summed E-state index contributed by atoms with van der Waals surface area (Å²) < 4.78 is 25.4. The van der Waals surface area contributed by atoms with Crippen molar-refractivity contribution < 1.29 is 18.3 Å². The Morgan fingerprint density at radius 3 is 2.70 bits per heavy atom. The Labute approximate surface area is 162 Å². The van der Waals surface area contributed by atoms with Crippen LogP contribution in [0.2, 0.25) is 24.8 Å². The van der Waals surface area contributed by atoms with Crippen LogP contribution in [0.25, 0.3) is 11.0 Å². The number of aromatic nitrogens is 1. The number of hydrogen-bond donors (Lipinski definition) is 1. The normalized spacial score (nSPS) is 11.6. The Kier molecular flexibility index (Phi) is 5.26. The molecule has 5 nitrogen and oxygen atoms in total. The van der Waals surface area contributed by atoms with Crippen LogP contribution in [-0.2, 0) is 4.74 Å². The molecule has 0 aliphatic rings. The van der Waals surface area contributed by atoms with E-state index < -0.39 is 19.9 Å². The third-order valence-corrected chi connectivity index (χ3v) is 6.44. The molecule has 27 heavy (non-hydrogen) atoms. The highest BCUT2D eigenvalue weighted by atomic mass is 35.5. The van der Waals surface area contributed by atoms with Gasteiger partial charge in [0, 0.05) is 6.20 Å². The van der Waals surface area contributed by atoms with Crippen molar-refractivity contribution >= 4 is 53.2 Å². The topological polar surface area (TPSA) is 64.4 Å². The van der Waals surface area contributed by atoms with Crippen LogP contribution < -0.4 is 10.5 Å². The molecule has 0 amide bonds. The Hall–Kier alpha value is -2.38. The quantitative estimate of drug-likeness (QED) is 0.363. The Morgan fingerprint density at radius 2 is 2.07 bits per heavy atom. The second-order valence-electron chi connectivity index (χ2n) is 7.07. The van der Waals surface area contributed by atoms with Crippen LogP contribution in [0.3, 0.4) is 0 Å². The second-order valence-corrected chi connectivity index (χ2v) is 12.5. The number of nitrogens with zero attached hydrogens (tertiary/aromatic N) is 1. The first kappa shape index (κ1) is 19.4. The molecule has 0 saturated carbocycles. The Morgan fingerprint density at radius 1 is 1.33 bits per heavy atom. The summed E-state index contributed by atoms with van der Waals surface area (Å²) in [6.07, 6.45) is 1.47. The molecule has 0 unspecified atom stereocenters. The average molecular weight is 407 g/mol. The van der Waals surface area contributed by atoms with Gasteiger partial charge in [0.15, 0.2) is 0 Å². The van der Waals surface area contributed by atoms with Gasteiger partial charge in [-0.2, -0.15) is 0 Å². The molecular formula is C19H20ClFN2O3Si. The standard InChI is InChI=1S/C19H20ClFN2O3Si/c1-5-25-19(24)17-16(15-14(26-17)8-9-22-18(15)20)23-13-7-6-11(10-12(13)21)27(2,3)4/h6-10,23H,5H2,1-4H3. The summed E-state index contributed by atoms with van der Waals surface area (Å²) in [5, 5.41) is 4.48. The van der Waals surface area contributed by atoms with Crippen LogP contribution >= 0.6 is 11.6 Å². The van der Waals surface area contributed by atoms with Gasteiger partial charge in [-0.1, -0.05) is 42.5 Å². The highest BCUT2D eigenvalue weighted by molar-refractivity contribution is 6.88. The van der Waals surface area contributed by atoms with E-state index in [9.17, 15) is 9.18 Å². The van der Waals surface area contributed by atoms with Crippen molar-refractivity contribution in [1.82, 2.24) is 4.98 Å². The van der Waals surface area contributed by atoms with E-state index in [1.165, 1.54) is 12.3 Å². The van der Waals surface area contributed by atoms with Crippen LogP contribution in [0.15, 0.2) is 34.9 Å². The van der Waals surface area contributed by atoms with Gasteiger partial charge in [-0.3, -0.25) is 0 Å². The highest BCUT2D eigenvalue weighted by Gasteiger charge is 2.25. The smallest absolute Gasteiger partial charge is 0.376 e. The monoisotopic (exact) mass is 406 g/mol. The summed E-state index contributed by atoms with van der Waals surface area (Å²) in [6, 6.07) is 6.66. The molecule has 0 aliphatic carbocycles. The molecule has 8 heteroatoms. The molecule has 2 heterocycles. The minimum atomic E-state index is -1.65. The number of hydrogen-bond acceptors (Lipinski definition) is 5. The Bertz CT molecular complexity index is 1010. The number of rotatable bonds is 5. The predicted molar refractivity (Wildman–Crippen MR) is 108 cm³/mol. The lowest BCUT2D eigenvalue weighted by molar-refractivity contribution is 0.0494. The molecular weight excluding hydrogens is 387 g/mol. The van der Waals surface area contributed by atoms with Gasteiger partial charge in [0.2, 0.25) is 5.76 Å². The molecule has 1 N–H and O–H groups in total. The summed E-state index contributed by atoms with van der Waals surface area (Å²) in [6.45, 7) is 8.30. The number of carbonyl (C=O) groups excluding carboxylic acids is 1. The number of furan rings is 1. The van der Waals surface area contributed by atoms with Gasteiger partial charge in [-0.25, -0.2) is 14.2 Å². The summed E-state index contributed by atoms with van der Waals surface area (Å²) in [4.78, 5) is 16.3. The van der Waals surface area contributed by atoms with E-state index in [0.717, 1.165) is 5.19 Å². The molecule has 0 bridgehead atoms. The molecule has 3 rings (SSSR count). The summed E-state index contributed by atoms with van der Waals surface area (Å²) in [5.74, 6) is -1.15. The maximum Gasteiger partial charge on any atom is 0.376 e. The maximum absolute atomic E-state index is 14.7. The molecule has 0 atom stereocenters. The summed E-state index contributed by atoms with van der Waals surface area (Å²) in [7, 11) is -1.65. The fourth-order valence-electron chi connectivity index (χ4n) is 2.68. The van der Waals surface area contributed by atoms with Crippen molar-refractivity contribution in [3.05, 3.63) is 47.2 Å². The fraction of sp³-hybridized carbons (Fsp3) is 0.263. The molecule has 2 aromatic heterocycles. The van der Waals surface area contributed by atoms with E-state index in [0.29, 0.717) is 11.0 Å². The minimum absolute atomic E-state index is 0.0737. The highest BCUT2D eigenvalue weighted by Crippen LogP contribution is 2.37. The largest absolute Gasteiger partial charge is 0.460 e. The minimum Gasteiger partial charge on any atom is -0.460 e. The van der Waals surface area contributed by atoms with Crippen molar-refractivity contribution in [2.45, 2.75) is 26.6 Å². The van der Waals surface area contributed by atoms with Crippen molar-refractivity contribution in [2.75, 3.05) is 11.9 Å². The number of halogens is 2. The first-order chi connectivity index (χ1) is 12.7. The van der Waals surface area contributed by atoms with Crippen LogP contribution in [0, 0.1) is 5.82 Å². The van der Waals surface area contributed by atoms with Crippen LogP contribution in [0.4, 0.5) is 15.8 Å². The van der Waals surface area contributed by atoms with Gasteiger partial charge in [0.1, 0.15) is 22.2 Å². The molecule has 3 aromatic rings. The lowest BCUT2D eigenvalue weighted by Crippen LogP contribution is -2.37. The predicted octanol–water partition coefficient (Wildman–Crippen LogP) is 5.09. The van der Waals surface area contributed by atoms with Crippen LogP contribution in [-0.4, -0.2) is 25.6 Å². The van der Waals surface area contributed by atoms with Gasteiger partial charge in [-0.15, -0.1) is 0 Å². The van der Waals surface area contributed by atoms with Gasteiger partial charge in [0.25, 0.3) is 0 Å². The first-order valence-electron chi connectivity index (χ1n) is 8.53. The molecule has 0 aliphatic heterocycles. The third-order valence-electron chi connectivity index (χ3n) is 4.11. The number of pyridine rings is 1. The van der Waals surface area contributed by atoms with Crippen molar-refractivity contribution in [1.29, 1.82) is 0 Å². The lowest BCUT2D eigenvalue weighted by Gasteiger charge is -2.18. The number of benzene rings is 1. The number of anilines is 2. The molecule has 1 aromatic carbocycles. The maximum atomic E-state index is 14.7. The zero-order valence-corrected chi connectivity index (χ0v) is 17.3. The van der Waals surface area contributed by atoms with Crippen LogP contribution in [0.5, 0.6) is 0 Å². The van der Waals surface area contributed by atoms with Crippen molar-refractivity contribution in [3.8, 4) is 0 Å². The molecule has 0 saturated heterocycles. The van der Waals surface area contributed by atoms with E-state index >= 15 is 0 Å². The van der Waals surface area contributed by atoms with Crippen molar-refractivity contribution in [3.63, 3.8) is 0 Å². The Balaban J connectivity index is 2.11. The van der Waals surface area contributed by atoms with Crippen molar-refractivity contribution in [2.24, 2.45) is 0 Å². The van der Waals surface area contributed by atoms with Gasteiger partial charge in [-0.05, 0) is 25.1 Å². The summed E-state index contributed by atoms with van der Waals surface area (Å²) in [5.41, 5.74) is 0.811. The molecule has 0 spiro atoms. The number of esters is 1. The SMILES string of the molecule is CCOC(=O)c1oc2ccnc(Cl)c2c1Nc1ccc([Si](C)(C)C)cc1F. The zero-order chi connectivity index (χ0) is 19.8. The number of carbonyl (C=O) groups is 1. The van der Waals surface area contributed by atoms with Gasteiger partial charge >= 0.3 is 5.97 Å². The third kappa shape index (κ3) is 3.84. The number of fused-ring (bicyclic) bond motifs is 1. The van der Waals surface area contributed by atoms with E-state index in [4.69, 9.17) is 20.8 Å². The van der Waals surface area contributed by atoms with E-state index in [2.05, 4.69) is 29.9 Å². The first-order valence-corrected chi connectivity index (χ1v) is 12.4. The van der Waals surface area contributed by atoms with E-state index in [1.807, 2.05) is 6.07 Å². The van der Waals surface area contributed by atoms with E-state index in [-0.39, 0.29) is 28.9 Å². The zero-order valence-electron chi connectivity index (χ0n) is 15.5. The number of nitrogens with one attached hydrogen (secondary N) is 1. The molecule has 0 fully saturated rings. The fourth-order valence-corrected chi connectivity index (χ4v) is 4.07.